The largest absolute Gasteiger partial charge is 0.496 e. The Hall–Kier alpha value is -3.43. The van der Waals surface area contributed by atoms with Gasteiger partial charge in [0.25, 0.3) is 0 Å². The van der Waals surface area contributed by atoms with Gasteiger partial charge in [-0.05, 0) is 24.3 Å². The van der Waals surface area contributed by atoms with E-state index in [1.54, 1.807) is 19.5 Å². The lowest BCUT2D eigenvalue weighted by Gasteiger charge is -2.26. The van der Waals surface area contributed by atoms with Crippen molar-refractivity contribution in [2.24, 2.45) is 0 Å². The summed E-state index contributed by atoms with van der Waals surface area (Å²) in [4.78, 5) is 6.84. The van der Waals surface area contributed by atoms with Gasteiger partial charge in [0.1, 0.15) is 5.75 Å². The molecule has 1 aromatic carbocycles. The minimum Gasteiger partial charge on any atom is -0.496 e. The van der Waals surface area contributed by atoms with Crippen LogP contribution in [0.1, 0.15) is 0 Å². The van der Waals surface area contributed by atoms with E-state index >= 15 is 0 Å². The maximum Gasteiger partial charge on any atom is 0.245 e. The molecular weight excluding hydrogens is 394 g/mol. The zero-order chi connectivity index (χ0) is 21.0. The SMILES string of the molecule is COc1ccccc1-c1ccc2cnc(Nc3cnn(CCN4CCOCC4)c3)nn12. The summed E-state index contributed by atoms with van der Waals surface area (Å²) in [6.45, 7) is 5.36. The number of aromatic nitrogens is 5. The summed E-state index contributed by atoms with van der Waals surface area (Å²) in [5.41, 5.74) is 3.68. The van der Waals surface area contributed by atoms with Crippen molar-refractivity contribution in [1.82, 2.24) is 29.3 Å². The first kappa shape index (κ1) is 19.5. The molecule has 0 atom stereocenters. The first-order valence-electron chi connectivity index (χ1n) is 10.4. The molecular formula is C22H25N7O2. The first-order chi connectivity index (χ1) is 15.3. The van der Waals surface area contributed by atoms with Crippen LogP contribution in [0, 0.1) is 0 Å². The summed E-state index contributed by atoms with van der Waals surface area (Å²) in [5.74, 6) is 1.31. The van der Waals surface area contributed by atoms with Gasteiger partial charge in [0.2, 0.25) is 5.95 Å². The Bertz CT molecular complexity index is 1160. The van der Waals surface area contributed by atoms with Crippen molar-refractivity contribution in [3.63, 3.8) is 0 Å². The lowest BCUT2D eigenvalue weighted by molar-refractivity contribution is 0.0360. The van der Waals surface area contributed by atoms with Crippen LogP contribution in [0.2, 0.25) is 0 Å². The molecule has 0 aliphatic carbocycles. The molecule has 1 aliphatic rings. The summed E-state index contributed by atoms with van der Waals surface area (Å²) in [7, 11) is 1.67. The normalized spacial score (nSPS) is 14.7. The second kappa shape index (κ2) is 8.75. The number of benzene rings is 1. The van der Waals surface area contributed by atoms with E-state index in [1.165, 1.54) is 0 Å². The van der Waals surface area contributed by atoms with E-state index in [2.05, 4.69) is 20.3 Å². The average molecular weight is 419 g/mol. The maximum absolute atomic E-state index is 5.52. The van der Waals surface area contributed by atoms with Crippen LogP contribution in [0.4, 0.5) is 11.6 Å². The fourth-order valence-corrected chi connectivity index (χ4v) is 3.77. The summed E-state index contributed by atoms with van der Waals surface area (Å²) < 4.78 is 14.7. The van der Waals surface area contributed by atoms with Crippen LogP contribution in [-0.2, 0) is 11.3 Å². The van der Waals surface area contributed by atoms with Crippen molar-refractivity contribution in [3.8, 4) is 17.0 Å². The Kier molecular flexibility index (Phi) is 5.51. The molecule has 1 fully saturated rings. The molecule has 0 amide bonds. The highest BCUT2D eigenvalue weighted by molar-refractivity contribution is 5.72. The van der Waals surface area contributed by atoms with E-state index in [-0.39, 0.29) is 0 Å². The number of anilines is 2. The van der Waals surface area contributed by atoms with Crippen LogP contribution in [0.3, 0.4) is 0 Å². The second-order valence-electron chi connectivity index (χ2n) is 7.41. The van der Waals surface area contributed by atoms with Crippen LogP contribution >= 0.6 is 0 Å². The number of nitrogens with one attached hydrogen (secondary N) is 1. The van der Waals surface area contributed by atoms with Crippen LogP contribution in [0.15, 0.2) is 55.0 Å². The molecule has 9 heteroatoms. The van der Waals surface area contributed by atoms with Crippen molar-refractivity contribution in [3.05, 3.63) is 55.0 Å². The van der Waals surface area contributed by atoms with Gasteiger partial charge in [-0.3, -0.25) is 9.58 Å². The fourth-order valence-electron chi connectivity index (χ4n) is 3.77. The third-order valence-corrected chi connectivity index (χ3v) is 5.42. The van der Waals surface area contributed by atoms with Crippen LogP contribution in [-0.4, -0.2) is 69.2 Å². The van der Waals surface area contributed by atoms with Gasteiger partial charge in [0, 0.05) is 31.4 Å². The van der Waals surface area contributed by atoms with Gasteiger partial charge in [0.15, 0.2) is 0 Å². The van der Waals surface area contributed by atoms with E-state index in [0.29, 0.717) is 5.95 Å². The molecule has 5 rings (SSSR count). The van der Waals surface area contributed by atoms with Gasteiger partial charge >= 0.3 is 0 Å². The number of para-hydroxylation sites is 1. The van der Waals surface area contributed by atoms with Gasteiger partial charge in [-0.2, -0.15) is 5.10 Å². The first-order valence-corrected chi connectivity index (χ1v) is 10.4. The number of rotatable bonds is 7. The summed E-state index contributed by atoms with van der Waals surface area (Å²) in [6.07, 6.45) is 5.57. The third kappa shape index (κ3) is 4.23. The van der Waals surface area contributed by atoms with Gasteiger partial charge in [0.05, 0.1) is 56.2 Å². The van der Waals surface area contributed by atoms with Crippen molar-refractivity contribution in [2.75, 3.05) is 45.3 Å². The smallest absolute Gasteiger partial charge is 0.245 e. The third-order valence-electron chi connectivity index (χ3n) is 5.42. The Morgan fingerprint density at radius 2 is 1.94 bits per heavy atom. The molecule has 1 N–H and O–H groups in total. The van der Waals surface area contributed by atoms with Gasteiger partial charge < -0.3 is 14.8 Å². The molecule has 0 saturated carbocycles. The number of fused-ring (bicyclic) bond motifs is 1. The monoisotopic (exact) mass is 419 g/mol. The second-order valence-corrected chi connectivity index (χ2v) is 7.41. The summed E-state index contributed by atoms with van der Waals surface area (Å²) in [5, 5.41) is 12.4. The molecule has 0 bridgehead atoms. The Balaban J connectivity index is 1.32. The molecule has 31 heavy (non-hydrogen) atoms. The number of ether oxygens (including phenoxy) is 2. The number of hydrogen-bond acceptors (Lipinski definition) is 7. The predicted octanol–water partition coefficient (Wildman–Crippen LogP) is 2.68. The topological polar surface area (TPSA) is 81.7 Å². The quantitative estimate of drug-likeness (QED) is 0.493. The van der Waals surface area contributed by atoms with Crippen molar-refractivity contribution >= 4 is 17.2 Å². The van der Waals surface area contributed by atoms with Gasteiger partial charge in [-0.25, -0.2) is 9.50 Å². The molecule has 0 unspecified atom stereocenters. The summed E-state index contributed by atoms with van der Waals surface area (Å²) >= 11 is 0. The predicted molar refractivity (Wildman–Crippen MR) is 118 cm³/mol. The zero-order valence-electron chi connectivity index (χ0n) is 17.4. The van der Waals surface area contributed by atoms with E-state index < -0.39 is 0 Å². The van der Waals surface area contributed by atoms with Crippen molar-refractivity contribution in [2.45, 2.75) is 6.54 Å². The highest BCUT2D eigenvalue weighted by Gasteiger charge is 2.13. The molecule has 1 aliphatic heterocycles. The van der Waals surface area contributed by atoms with E-state index in [9.17, 15) is 0 Å². The Labute approximate surface area is 180 Å². The van der Waals surface area contributed by atoms with Crippen molar-refractivity contribution < 1.29 is 9.47 Å². The average Bonchev–Trinajstić information content (AvgIpc) is 3.45. The van der Waals surface area contributed by atoms with Crippen LogP contribution in [0.25, 0.3) is 16.8 Å². The molecule has 4 heterocycles. The minimum atomic E-state index is 0.507. The molecule has 1 saturated heterocycles. The number of nitrogens with zero attached hydrogens (tertiary/aromatic N) is 6. The number of methoxy groups -OCH3 is 1. The van der Waals surface area contributed by atoms with Gasteiger partial charge in [-0.1, -0.05) is 12.1 Å². The number of morpholine rings is 1. The molecule has 3 aromatic heterocycles. The molecule has 160 valence electrons. The lowest BCUT2D eigenvalue weighted by atomic mass is 10.1. The van der Waals surface area contributed by atoms with Gasteiger partial charge in [-0.15, -0.1) is 5.10 Å². The molecule has 0 radical (unpaired) electrons. The molecule has 9 nitrogen and oxygen atoms in total. The summed E-state index contributed by atoms with van der Waals surface area (Å²) in [6, 6.07) is 11.9. The zero-order valence-corrected chi connectivity index (χ0v) is 17.4. The van der Waals surface area contributed by atoms with Crippen LogP contribution in [0.5, 0.6) is 5.75 Å². The van der Waals surface area contributed by atoms with Crippen LogP contribution < -0.4 is 10.1 Å². The molecule has 0 spiro atoms. The van der Waals surface area contributed by atoms with E-state index in [1.807, 2.05) is 51.8 Å². The standard InChI is InChI=1S/C22H25N7O2/c1-30-21-5-3-2-4-19(21)20-7-6-18-15-23-22(26-29(18)20)25-17-14-24-28(16-17)9-8-27-10-12-31-13-11-27/h2-7,14-16H,8-13H2,1H3,(H,25,26). The van der Waals surface area contributed by atoms with Crippen molar-refractivity contribution in [1.29, 1.82) is 0 Å². The minimum absolute atomic E-state index is 0.507. The number of hydrogen-bond donors (Lipinski definition) is 1. The maximum atomic E-state index is 5.52. The highest BCUT2D eigenvalue weighted by Crippen LogP contribution is 2.30. The Morgan fingerprint density at radius 1 is 1.06 bits per heavy atom. The molecule has 4 aromatic rings. The Morgan fingerprint density at radius 3 is 2.81 bits per heavy atom. The van der Waals surface area contributed by atoms with E-state index in [0.717, 1.165) is 67.6 Å². The van der Waals surface area contributed by atoms with E-state index in [4.69, 9.17) is 14.6 Å². The highest BCUT2D eigenvalue weighted by atomic mass is 16.5. The lowest BCUT2D eigenvalue weighted by Crippen LogP contribution is -2.38. The fraction of sp³-hybridized carbons (Fsp3) is 0.318.